The van der Waals surface area contributed by atoms with E-state index in [1.807, 2.05) is 24.3 Å². The van der Waals surface area contributed by atoms with Crippen molar-refractivity contribution in [2.75, 3.05) is 13.7 Å². The van der Waals surface area contributed by atoms with Crippen LogP contribution < -0.4 is 10.1 Å². The highest BCUT2D eigenvalue weighted by Gasteiger charge is 2.23. The third-order valence-electron chi connectivity index (χ3n) is 2.70. The maximum absolute atomic E-state index is 11.7. The van der Waals surface area contributed by atoms with Crippen LogP contribution in [-0.2, 0) is 4.79 Å². The van der Waals surface area contributed by atoms with Gasteiger partial charge in [-0.1, -0.05) is 12.1 Å². The molecule has 1 N–H and O–H groups in total. The number of halogens is 1. The van der Waals surface area contributed by atoms with Crippen LogP contribution in [0.3, 0.4) is 0 Å². The molecule has 0 aromatic heterocycles. The van der Waals surface area contributed by atoms with Gasteiger partial charge in [-0.05, 0) is 30.7 Å². The summed E-state index contributed by atoms with van der Waals surface area (Å²) in [5.74, 6) is 1.07. The number of benzene rings is 1. The average Bonchev–Trinajstić information content (AvgIpc) is 2.30. The summed E-state index contributed by atoms with van der Waals surface area (Å²) in [4.78, 5) is 11.7. The lowest BCUT2D eigenvalue weighted by Crippen LogP contribution is -2.34. The van der Waals surface area contributed by atoms with Crippen LogP contribution in [0.25, 0.3) is 0 Å². The molecule has 0 radical (unpaired) electrons. The molecule has 3 nitrogen and oxygen atoms in total. The molecule has 0 aliphatic carbocycles. The molecule has 1 aliphatic heterocycles. The number of nitrogens with one attached hydrogen (secondary N) is 1. The lowest BCUT2D eigenvalue weighted by molar-refractivity contribution is -0.122. The standard InChI is InChI=1S/C12H15NO2.ClH/c1-15-10-5-2-4-9(8-10)12-11(14)6-3-7-13-12;/h2,4-5,8,12-13H,3,6-7H2,1H3;1H. The Morgan fingerprint density at radius 2 is 2.25 bits per heavy atom. The number of ether oxygens (including phenoxy) is 1. The molecule has 4 heteroatoms. The third-order valence-corrected chi connectivity index (χ3v) is 2.70. The quantitative estimate of drug-likeness (QED) is 0.862. The van der Waals surface area contributed by atoms with E-state index in [1.165, 1.54) is 0 Å². The van der Waals surface area contributed by atoms with E-state index in [9.17, 15) is 4.79 Å². The molecule has 1 heterocycles. The second-order valence-corrected chi connectivity index (χ2v) is 3.73. The van der Waals surface area contributed by atoms with Gasteiger partial charge in [0.15, 0.2) is 5.78 Å². The van der Waals surface area contributed by atoms with Gasteiger partial charge in [-0.3, -0.25) is 4.79 Å². The maximum Gasteiger partial charge on any atom is 0.154 e. The Kier molecular flexibility index (Phi) is 4.77. The van der Waals surface area contributed by atoms with Gasteiger partial charge in [0.1, 0.15) is 5.75 Å². The minimum atomic E-state index is -0.145. The van der Waals surface area contributed by atoms with Crippen molar-refractivity contribution in [1.82, 2.24) is 5.32 Å². The topological polar surface area (TPSA) is 38.3 Å². The second kappa shape index (κ2) is 5.87. The number of Topliss-reactive ketones (excluding diaryl/α,β-unsaturated/α-hetero) is 1. The van der Waals surface area contributed by atoms with E-state index in [0.29, 0.717) is 6.42 Å². The van der Waals surface area contributed by atoms with Crippen LogP contribution in [0.2, 0.25) is 0 Å². The molecule has 0 saturated carbocycles. The van der Waals surface area contributed by atoms with E-state index < -0.39 is 0 Å². The van der Waals surface area contributed by atoms with Gasteiger partial charge < -0.3 is 10.1 Å². The Balaban J connectivity index is 0.00000128. The molecule has 1 aromatic carbocycles. The molecule has 0 spiro atoms. The van der Waals surface area contributed by atoms with E-state index in [1.54, 1.807) is 7.11 Å². The number of piperidine rings is 1. The normalized spacial score (nSPS) is 20.1. The minimum Gasteiger partial charge on any atom is -0.497 e. The summed E-state index contributed by atoms with van der Waals surface area (Å²) in [6.45, 7) is 0.910. The largest absolute Gasteiger partial charge is 0.497 e. The lowest BCUT2D eigenvalue weighted by Gasteiger charge is -2.22. The molecular formula is C12H16ClNO2. The van der Waals surface area contributed by atoms with Crippen molar-refractivity contribution in [2.45, 2.75) is 18.9 Å². The first kappa shape index (κ1) is 13.0. The fourth-order valence-electron chi connectivity index (χ4n) is 1.89. The first-order valence-corrected chi connectivity index (χ1v) is 5.21. The van der Waals surface area contributed by atoms with Crippen LogP contribution in [0.15, 0.2) is 24.3 Å². The van der Waals surface area contributed by atoms with Crippen LogP contribution in [0, 0.1) is 0 Å². The van der Waals surface area contributed by atoms with Crippen molar-refractivity contribution in [3.63, 3.8) is 0 Å². The predicted molar refractivity (Wildman–Crippen MR) is 65.2 cm³/mol. The van der Waals surface area contributed by atoms with Gasteiger partial charge in [0, 0.05) is 6.42 Å². The molecular weight excluding hydrogens is 226 g/mol. The van der Waals surface area contributed by atoms with Gasteiger partial charge in [-0.25, -0.2) is 0 Å². The SMILES string of the molecule is COc1cccc(C2NCCCC2=O)c1.Cl. The van der Waals surface area contributed by atoms with Crippen molar-refractivity contribution in [3.8, 4) is 5.75 Å². The number of hydrogen-bond donors (Lipinski definition) is 1. The summed E-state index contributed by atoms with van der Waals surface area (Å²) in [6, 6.07) is 7.53. The van der Waals surface area contributed by atoms with Crippen LogP contribution >= 0.6 is 12.4 Å². The van der Waals surface area contributed by atoms with E-state index >= 15 is 0 Å². The smallest absolute Gasteiger partial charge is 0.154 e. The van der Waals surface area contributed by atoms with Crippen LogP contribution in [0.4, 0.5) is 0 Å². The van der Waals surface area contributed by atoms with Crippen LogP contribution in [0.1, 0.15) is 24.4 Å². The maximum atomic E-state index is 11.7. The zero-order chi connectivity index (χ0) is 10.7. The highest BCUT2D eigenvalue weighted by molar-refractivity contribution is 5.86. The molecule has 0 amide bonds. The van der Waals surface area contributed by atoms with Gasteiger partial charge in [-0.2, -0.15) is 0 Å². The number of ketones is 1. The summed E-state index contributed by atoms with van der Waals surface area (Å²) < 4.78 is 5.14. The summed E-state index contributed by atoms with van der Waals surface area (Å²) in [5, 5.41) is 3.23. The zero-order valence-electron chi connectivity index (χ0n) is 9.23. The molecule has 1 saturated heterocycles. The molecule has 2 rings (SSSR count). The van der Waals surface area contributed by atoms with Crippen molar-refractivity contribution < 1.29 is 9.53 Å². The van der Waals surface area contributed by atoms with E-state index in [4.69, 9.17) is 4.74 Å². The number of rotatable bonds is 2. The first-order chi connectivity index (χ1) is 7.31. The van der Waals surface area contributed by atoms with Gasteiger partial charge in [-0.15, -0.1) is 12.4 Å². The van der Waals surface area contributed by atoms with Crippen molar-refractivity contribution in [1.29, 1.82) is 0 Å². The molecule has 1 fully saturated rings. The number of carbonyl (C=O) groups is 1. The second-order valence-electron chi connectivity index (χ2n) is 3.73. The number of carbonyl (C=O) groups excluding carboxylic acids is 1. The molecule has 16 heavy (non-hydrogen) atoms. The van der Waals surface area contributed by atoms with E-state index in [-0.39, 0.29) is 24.2 Å². The third kappa shape index (κ3) is 2.74. The molecule has 88 valence electrons. The van der Waals surface area contributed by atoms with Crippen molar-refractivity contribution >= 4 is 18.2 Å². The molecule has 1 atom stereocenters. The number of hydrogen-bond acceptors (Lipinski definition) is 3. The molecule has 1 unspecified atom stereocenters. The lowest BCUT2D eigenvalue weighted by atomic mass is 9.96. The summed E-state index contributed by atoms with van der Waals surface area (Å²) in [7, 11) is 1.63. The Morgan fingerprint density at radius 3 is 2.94 bits per heavy atom. The van der Waals surface area contributed by atoms with Crippen LogP contribution in [0.5, 0.6) is 5.75 Å². The Bertz CT molecular complexity index is 368. The zero-order valence-corrected chi connectivity index (χ0v) is 10.0. The van der Waals surface area contributed by atoms with Gasteiger partial charge in [0.25, 0.3) is 0 Å². The number of methoxy groups -OCH3 is 1. The fourth-order valence-corrected chi connectivity index (χ4v) is 1.89. The molecule has 1 aliphatic rings. The summed E-state index contributed by atoms with van der Waals surface area (Å²) in [5.41, 5.74) is 0.999. The molecule has 1 aromatic rings. The van der Waals surface area contributed by atoms with Crippen LogP contribution in [-0.4, -0.2) is 19.4 Å². The van der Waals surface area contributed by atoms with Crippen molar-refractivity contribution in [3.05, 3.63) is 29.8 Å². The van der Waals surface area contributed by atoms with E-state index in [0.717, 1.165) is 24.3 Å². The van der Waals surface area contributed by atoms with Crippen molar-refractivity contribution in [2.24, 2.45) is 0 Å². The molecule has 0 bridgehead atoms. The minimum absolute atomic E-state index is 0. The Hall–Kier alpha value is -1.06. The van der Waals surface area contributed by atoms with Gasteiger partial charge in [0.2, 0.25) is 0 Å². The predicted octanol–water partition coefficient (Wildman–Crippen LogP) is 2.11. The summed E-state index contributed by atoms with van der Waals surface area (Å²) >= 11 is 0. The van der Waals surface area contributed by atoms with Gasteiger partial charge in [0.05, 0.1) is 13.2 Å². The highest BCUT2D eigenvalue weighted by Crippen LogP contribution is 2.23. The summed E-state index contributed by atoms with van der Waals surface area (Å²) in [6.07, 6.45) is 1.62. The highest BCUT2D eigenvalue weighted by atomic mass is 35.5. The Morgan fingerprint density at radius 1 is 1.44 bits per heavy atom. The Labute approximate surface area is 102 Å². The van der Waals surface area contributed by atoms with E-state index in [2.05, 4.69) is 5.32 Å². The average molecular weight is 242 g/mol. The fraction of sp³-hybridized carbons (Fsp3) is 0.417. The monoisotopic (exact) mass is 241 g/mol. The first-order valence-electron chi connectivity index (χ1n) is 5.21. The van der Waals surface area contributed by atoms with Gasteiger partial charge >= 0.3 is 0 Å².